The number of carbonyl (C=O) groups excluding carboxylic acids is 1. The molecule has 1 aliphatic carbocycles. The number of aliphatic hydroxyl groups excluding tert-OH is 1. The van der Waals surface area contributed by atoms with Gasteiger partial charge in [0.15, 0.2) is 5.78 Å². The Kier molecular flexibility index (Phi) is 3.53. The number of halogens is 1. The molecule has 70 valence electrons. The lowest BCUT2D eigenvalue weighted by molar-refractivity contribution is -0.126. The van der Waals surface area contributed by atoms with E-state index in [2.05, 4.69) is 6.92 Å². The number of rotatable bonds is 2. The molecule has 0 radical (unpaired) electrons. The summed E-state index contributed by atoms with van der Waals surface area (Å²) in [5.74, 6) is 0.376. The van der Waals surface area contributed by atoms with E-state index in [9.17, 15) is 9.90 Å². The molecule has 0 aromatic carbocycles. The number of Topliss-reactive ketones (excluding diaryl/α,β-unsaturated/α-hetero) is 1. The van der Waals surface area contributed by atoms with Crippen molar-refractivity contribution in [2.75, 3.05) is 5.88 Å². The number of ketones is 1. The van der Waals surface area contributed by atoms with E-state index >= 15 is 0 Å². The molecule has 0 unspecified atom stereocenters. The van der Waals surface area contributed by atoms with E-state index in [1.165, 1.54) is 0 Å². The zero-order chi connectivity index (χ0) is 9.14. The highest BCUT2D eigenvalue weighted by Crippen LogP contribution is 2.29. The van der Waals surface area contributed by atoms with E-state index in [1.807, 2.05) is 0 Å². The van der Waals surface area contributed by atoms with Crippen LogP contribution in [0, 0.1) is 11.8 Å². The number of alkyl halides is 1. The van der Waals surface area contributed by atoms with Gasteiger partial charge < -0.3 is 5.11 Å². The van der Waals surface area contributed by atoms with Gasteiger partial charge in [0.25, 0.3) is 0 Å². The first-order chi connectivity index (χ1) is 5.65. The molecule has 0 heterocycles. The summed E-state index contributed by atoms with van der Waals surface area (Å²) >= 11 is 5.44. The summed E-state index contributed by atoms with van der Waals surface area (Å²) in [7, 11) is 0. The van der Waals surface area contributed by atoms with Crippen molar-refractivity contribution in [3.8, 4) is 0 Å². The zero-order valence-electron chi connectivity index (χ0n) is 7.29. The summed E-state index contributed by atoms with van der Waals surface area (Å²) in [5, 5.41) is 9.51. The fourth-order valence-corrected chi connectivity index (χ4v) is 2.01. The highest BCUT2D eigenvalue weighted by molar-refractivity contribution is 6.27. The van der Waals surface area contributed by atoms with Crippen molar-refractivity contribution >= 4 is 17.4 Å². The van der Waals surface area contributed by atoms with Crippen molar-refractivity contribution in [3.05, 3.63) is 0 Å². The van der Waals surface area contributed by atoms with Gasteiger partial charge in [0.05, 0.1) is 12.0 Å². The van der Waals surface area contributed by atoms with Crippen LogP contribution in [-0.2, 0) is 4.79 Å². The van der Waals surface area contributed by atoms with Crippen LogP contribution >= 0.6 is 11.6 Å². The molecule has 2 nitrogen and oxygen atoms in total. The van der Waals surface area contributed by atoms with Gasteiger partial charge in [-0.2, -0.15) is 0 Å². The van der Waals surface area contributed by atoms with Crippen LogP contribution < -0.4 is 0 Å². The number of hydrogen-bond donors (Lipinski definition) is 1. The van der Waals surface area contributed by atoms with E-state index in [0.29, 0.717) is 5.92 Å². The molecule has 0 amide bonds. The number of aliphatic hydroxyl groups is 1. The third-order valence-corrected chi connectivity index (χ3v) is 2.88. The first-order valence-corrected chi connectivity index (χ1v) is 4.95. The fraction of sp³-hybridized carbons (Fsp3) is 0.889. The largest absolute Gasteiger partial charge is 0.392 e. The van der Waals surface area contributed by atoms with Gasteiger partial charge in [-0.15, -0.1) is 11.6 Å². The summed E-state index contributed by atoms with van der Waals surface area (Å²) in [5.41, 5.74) is 0. The van der Waals surface area contributed by atoms with E-state index in [1.54, 1.807) is 0 Å². The summed E-state index contributed by atoms with van der Waals surface area (Å²) in [6.45, 7) is 2.11. The van der Waals surface area contributed by atoms with Crippen LogP contribution in [0.4, 0.5) is 0 Å². The molecule has 0 spiro atoms. The maximum atomic E-state index is 11.2. The topological polar surface area (TPSA) is 37.3 Å². The van der Waals surface area contributed by atoms with Gasteiger partial charge in [-0.05, 0) is 25.2 Å². The van der Waals surface area contributed by atoms with E-state index in [4.69, 9.17) is 11.6 Å². The standard InChI is InChI=1S/C9H15ClO2/c1-6-2-3-8(11)7(4-6)9(12)5-10/h6-8,11H,2-5H2,1H3/t6-,7-,8+/m0/s1. The smallest absolute Gasteiger partial charge is 0.153 e. The van der Waals surface area contributed by atoms with E-state index in [0.717, 1.165) is 19.3 Å². The monoisotopic (exact) mass is 190 g/mol. The predicted octanol–water partition coefficient (Wildman–Crippen LogP) is 1.59. The molecule has 0 aromatic rings. The minimum absolute atomic E-state index is 0.00397. The van der Waals surface area contributed by atoms with Crippen molar-refractivity contribution in [1.82, 2.24) is 0 Å². The highest BCUT2D eigenvalue weighted by atomic mass is 35.5. The quantitative estimate of drug-likeness (QED) is 0.672. The Bertz CT molecular complexity index is 170. The van der Waals surface area contributed by atoms with Crippen LogP contribution in [-0.4, -0.2) is 22.9 Å². The lowest BCUT2D eigenvalue weighted by atomic mass is 9.78. The van der Waals surface area contributed by atoms with Crippen molar-refractivity contribution < 1.29 is 9.90 Å². The van der Waals surface area contributed by atoms with Crippen molar-refractivity contribution in [2.45, 2.75) is 32.3 Å². The summed E-state index contributed by atoms with van der Waals surface area (Å²) in [6, 6.07) is 0. The lowest BCUT2D eigenvalue weighted by Gasteiger charge is -2.29. The highest BCUT2D eigenvalue weighted by Gasteiger charge is 2.31. The Morgan fingerprint density at radius 2 is 2.25 bits per heavy atom. The van der Waals surface area contributed by atoms with Gasteiger partial charge in [0.2, 0.25) is 0 Å². The van der Waals surface area contributed by atoms with Gasteiger partial charge >= 0.3 is 0 Å². The van der Waals surface area contributed by atoms with E-state index < -0.39 is 6.10 Å². The van der Waals surface area contributed by atoms with Crippen LogP contribution in [0.1, 0.15) is 26.2 Å². The Morgan fingerprint density at radius 3 is 2.83 bits per heavy atom. The van der Waals surface area contributed by atoms with Crippen molar-refractivity contribution in [2.24, 2.45) is 11.8 Å². The normalized spacial score (nSPS) is 36.4. The number of carbonyl (C=O) groups is 1. The molecule has 1 saturated carbocycles. The van der Waals surface area contributed by atoms with Crippen molar-refractivity contribution in [1.29, 1.82) is 0 Å². The Labute approximate surface area is 77.9 Å². The Balaban J connectivity index is 2.54. The number of hydrogen-bond acceptors (Lipinski definition) is 2. The fourth-order valence-electron chi connectivity index (χ4n) is 1.81. The molecule has 0 aliphatic heterocycles. The second kappa shape index (κ2) is 4.24. The molecule has 0 bridgehead atoms. The van der Waals surface area contributed by atoms with Gasteiger partial charge in [0.1, 0.15) is 0 Å². The molecule has 0 aromatic heterocycles. The van der Waals surface area contributed by atoms with Crippen molar-refractivity contribution in [3.63, 3.8) is 0 Å². The molecule has 1 N–H and O–H groups in total. The Morgan fingerprint density at radius 1 is 1.58 bits per heavy atom. The van der Waals surface area contributed by atoms with Crippen LogP contribution in [0.25, 0.3) is 0 Å². The molecular weight excluding hydrogens is 176 g/mol. The first kappa shape index (κ1) is 10.0. The van der Waals surface area contributed by atoms with E-state index in [-0.39, 0.29) is 17.6 Å². The molecule has 1 fully saturated rings. The van der Waals surface area contributed by atoms with Gasteiger partial charge in [0, 0.05) is 5.92 Å². The third kappa shape index (κ3) is 2.20. The first-order valence-electron chi connectivity index (χ1n) is 4.42. The predicted molar refractivity (Wildman–Crippen MR) is 48.2 cm³/mol. The third-order valence-electron chi connectivity index (χ3n) is 2.62. The van der Waals surface area contributed by atoms with Crippen LogP contribution in [0.15, 0.2) is 0 Å². The minimum Gasteiger partial charge on any atom is -0.392 e. The average molecular weight is 191 g/mol. The van der Waals surface area contributed by atoms with Gasteiger partial charge in [-0.25, -0.2) is 0 Å². The minimum atomic E-state index is -0.451. The van der Waals surface area contributed by atoms with Gasteiger partial charge in [-0.1, -0.05) is 6.92 Å². The van der Waals surface area contributed by atoms with Gasteiger partial charge in [-0.3, -0.25) is 4.79 Å². The van der Waals surface area contributed by atoms with Crippen LogP contribution in [0.3, 0.4) is 0 Å². The lowest BCUT2D eigenvalue weighted by Crippen LogP contribution is -2.34. The zero-order valence-corrected chi connectivity index (χ0v) is 8.05. The Hall–Kier alpha value is -0.0800. The second-order valence-corrected chi connectivity index (χ2v) is 3.96. The summed E-state index contributed by atoms with van der Waals surface area (Å²) in [4.78, 5) is 11.2. The summed E-state index contributed by atoms with van der Waals surface area (Å²) < 4.78 is 0. The molecule has 0 saturated heterocycles. The average Bonchev–Trinajstić information content (AvgIpc) is 2.08. The van der Waals surface area contributed by atoms with Crippen LogP contribution in [0.2, 0.25) is 0 Å². The van der Waals surface area contributed by atoms with Crippen LogP contribution in [0.5, 0.6) is 0 Å². The maximum Gasteiger partial charge on any atom is 0.153 e. The summed E-state index contributed by atoms with van der Waals surface area (Å²) in [6.07, 6.45) is 2.11. The molecule has 3 heteroatoms. The molecule has 1 rings (SSSR count). The maximum absolute atomic E-state index is 11.2. The SMILES string of the molecule is C[C@H]1CC[C@@H](O)[C@@H](C(=O)CCl)C1. The molecule has 12 heavy (non-hydrogen) atoms. The molecular formula is C9H15ClO2. The molecule has 3 atom stereocenters. The molecule has 1 aliphatic rings. The second-order valence-electron chi connectivity index (χ2n) is 3.69.